The molecule has 0 bridgehead atoms. The second kappa shape index (κ2) is 9.32. The normalized spacial score (nSPS) is 21.2. The first kappa shape index (κ1) is 17.4. The molecular formula is C15H31N3O2. The number of hydrogen-bond acceptors (Lipinski definition) is 4. The minimum Gasteiger partial charge on any atom is -0.374 e. The Morgan fingerprint density at radius 2 is 2.15 bits per heavy atom. The van der Waals surface area contributed by atoms with Crippen LogP contribution in [0.25, 0.3) is 0 Å². The predicted molar refractivity (Wildman–Crippen MR) is 81.8 cm³/mol. The summed E-state index contributed by atoms with van der Waals surface area (Å²) in [4.78, 5) is 14.0. The van der Waals surface area contributed by atoms with Gasteiger partial charge >= 0.3 is 0 Å². The first-order valence-corrected chi connectivity index (χ1v) is 7.77. The van der Waals surface area contributed by atoms with E-state index in [1.165, 1.54) is 0 Å². The van der Waals surface area contributed by atoms with Crippen LogP contribution in [-0.2, 0) is 9.53 Å². The lowest BCUT2D eigenvalue weighted by Crippen LogP contribution is -2.47. The van der Waals surface area contributed by atoms with Gasteiger partial charge in [-0.15, -0.1) is 0 Å². The third kappa shape index (κ3) is 7.82. The molecule has 1 fully saturated rings. The zero-order valence-corrected chi connectivity index (χ0v) is 13.4. The molecule has 2 N–H and O–H groups in total. The van der Waals surface area contributed by atoms with E-state index in [0.29, 0.717) is 12.5 Å². The lowest BCUT2D eigenvalue weighted by Gasteiger charge is -2.28. The van der Waals surface area contributed by atoms with E-state index in [-0.39, 0.29) is 18.1 Å². The summed E-state index contributed by atoms with van der Waals surface area (Å²) >= 11 is 0. The van der Waals surface area contributed by atoms with Gasteiger partial charge in [0.15, 0.2) is 0 Å². The van der Waals surface area contributed by atoms with Crippen LogP contribution >= 0.6 is 0 Å². The van der Waals surface area contributed by atoms with E-state index < -0.39 is 0 Å². The molecule has 0 aliphatic carbocycles. The Balaban J connectivity index is 2.16. The molecule has 1 amide bonds. The van der Waals surface area contributed by atoms with Crippen LogP contribution in [0, 0.1) is 5.92 Å². The van der Waals surface area contributed by atoms with Gasteiger partial charge < -0.3 is 15.4 Å². The first-order valence-electron chi connectivity index (χ1n) is 7.77. The maximum atomic E-state index is 11.9. The minimum absolute atomic E-state index is 0.104. The summed E-state index contributed by atoms with van der Waals surface area (Å²) in [5, 5.41) is 6.37. The van der Waals surface area contributed by atoms with Gasteiger partial charge in [-0.05, 0) is 32.7 Å². The van der Waals surface area contributed by atoms with Crippen LogP contribution in [0.2, 0.25) is 0 Å². The van der Waals surface area contributed by atoms with Crippen LogP contribution in [0.15, 0.2) is 0 Å². The van der Waals surface area contributed by atoms with Crippen molar-refractivity contribution in [1.29, 1.82) is 0 Å². The number of likely N-dealkylation sites (N-methyl/N-ethyl adjacent to an activating group) is 1. The summed E-state index contributed by atoms with van der Waals surface area (Å²) in [6.45, 7) is 10.3. The van der Waals surface area contributed by atoms with Gasteiger partial charge in [0.25, 0.3) is 0 Å². The molecule has 0 aromatic heterocycles. The summed E-state index contributed by atoms with van der Waals surface area (Å²) in [7, 11) is 1.97. The van der Waals surface area contributed by atoms with Gasteiger partial charge in [-0.2, -0.15) is 0 Å². The topological polar surface area (TPSA) is 53.6 Å². The molecule has 1 aliphatic rings. The molecule has 0 aromatic rings. The number of hydrogen-bond donors (Lipinski definition) is 2. The second-order valence-corrected chi connectivity index (χ2v) is 6.33. The number of carbonyl (C=O) groups excluding carboxylic acids is 1. The molecule has 1 saturated heterocycles. The standard InChI is InChI=1S/C15H31N3O2/c1-12(2)5-6-13(3)17-15(19)11-18(4)10-14-9-16-7-8-20-14/h12-14,16H,5-11H2,1-4H3,(H,17,19). The van der Waals surface area contributed by atoms with Crippen molar-refractivity contribution in [1.82, 2.24) is 15.5 Å². The average Bonchev–Trinajstić information content (AvgIpc) is 2.37. The summed E-state index contributed by atoms with van der Waals surface area (Å²) < 4.78 is 5.64. The van der Waals surface area contributed by atoms with Crippen molar-refractivity contribution >= 4 is 5.91 Å². The number of ether oxygens (including phenoxy) is 1. The number of amides is 1. The largest absolute Gasteiger partial charge is 0.374 e. The van der Waals surface area contributed by atoms with Crippen molar-refractivity contribution in [2.24, 2.45) is 5.92 Å². The molecule has 0 spiro atoms. The number of nitrogens with one attached hydrogen (secondary N) is 2. The fourth-order valence-electron chi connectivity index (χ4n) is 2.37. The van der Waals surface area contributed by atoms with Crippen molar-refractivity contribution < 1.29 is 9.53 Å². The van der Waals surface area contributed by atoms with Crippen molar-refractivity contribution in [3.63, 3.8) is 0 Å². The Morgan fingerprint density at radius 1 is 1.40 bits per heavy atom. The summed E-state index contributed by atoms with van der Waals surface area (Å²) in [6.07, 6.45) is 2.39. The summed E-state index contributed by atoms with van der Waals surface area (Å²) in [5.41, 5.74) is 0. The molecular weight excluding hydrogens is 254 g/mol. The molecule has 0 saturated carbocycles. The van der Waals surface area contributed by atoms with Crippen LogP contribution in [0.3, 0.4) is 0 Å². The minimum atomic E-state index is 0.104. The summed E-state index contributed by atoms with van der Waals surface area (Å²) in [5.74, 6) is 0.792. The highest BCUT2D eigenvalue weighted by molar-refractivity contribution is 5.78. The van der Waals surface area contributed by atoms with Crippen molar-refractivity contribution in [2.75, 3.05) is 39.8 Å². The number of morpholine rings is 1. The summed E-state index contributed by atoms with van der Waals surface area (Å²) in [6, 6.07) is 0.255. The van der Waals surface area contributed by atoms with Crippen LogP contribution in [0.5, 0.6) is 0 Å². The van der Waals surface area contributed by atoms with Gasteiger partial charge in [-0.25, -0.2) is 0 Å². The van der Waals surface area contributed by atoms with Crippen molar-refractivity contribution in [3.8, 4) is 0 Å². The van der Waals surface area contributed by atoms with Crippen LogP contribution < -0.4 is 10.6 Å². The smallest absolute Gasteiger partial charge is 0.234 e. The van der Waals surface area contributed by atoms with Crippen LogP contribution in [0.4, 0.5) is 0 Å². The number of rotatable bonds is 8. The zero-order valence-electron chi connectivity index (χ0n) is 13.4. The van der Waals surface area contributed by atoms with Gasteiger partial charge in [-0.1, -0.05) is 13.8 Å². The molecule has 2 atom stereocenters. The van der Waals surface area contributed by atoms with Gasteiger partial charge in [0.05, 0.1) is 19.3 Å². The zero-order chi connectivity index (χ0) is 15.0. The molecule has 20 heavy (non-hydrogen) atoms. The Bertz CT molecular complexity index is 278. The van der Waals surface area contributed by atoms with Gasteiger partial charge in [-0.3, -0.25) is 9.69 Å². The van der Waals surface area contributed by atoms with E-state index in [1.54, 1.807) is 0 Å². The highest BCUT2D eigenvalue weighted by atomic mass is 16.5. The quantitative estimate of drug-likeness (QED) is 0.694. The fourth-order valence-corrected chi connectivity index (χ4v) is 2.37. The molecule has 5 heteroatoms. The Labute approximate surface area is 123 Å². The monoisotopic (exact) mass is 285 g/mol. The highest BCUT2D eigenvalue weighted by Gasteiger charge is 2.17. The fraction of sp³-hybridized carbons (Fsp3) is 0.933. The Hall–Kier alpha value is -0.650. The first-order chi connectivity index (χ1) is 9.47. The van der Waals surface area contributed by atoms with Gasteiger partial charge in [0, 0.05) is 25.7 Å². The van der Waals surface area contributed by atoms with E-state index in [2.05, 4.69) is 31.4 Å². The molecule has 1 aliphatic heterocycles. The van der Waals surface area contributed by atoms with E-state index >= 15 is 0 Å². The molecule has 1 heterocycles. The van der Waals surface area contributed by atoms with E-state index in [0.717, 1.165) is 39.1 Å². The van der Waals surface area contributed by atoms with Gasteiger partial charge in [0.2, 0.25) is 5.91 Å². The number of nitrogens with zero attached hydrogens (tertiary/aromatic N) is 1. The van der Waals surface area contributed by atoms with Crippen molar-refractivity contribution in [2.45, 2.75) is 45.8 Å². The van der Waals surface area contributed by atoms with E-state index in [4.69, 9.17) is 4.74 Å². The predicted octanol–water partition coefficient (Wildman–Crippen LogP) is 0.848. The van der Waals surface area contributed by atoms with Crippen LogP contribution in [-0.4, -0.2) is 62.8 Å². The van der Waals surface area contributed by atoms with Gasteiger partial charge in [0.1, 0.15) is 0 Å². The average molecular weight is 285 g/mol. The maximum Gasteiger partial charge on any atom is 0.234 e. The van der Waals surface area contributed by atoms with E-state index in [1.807, 2.05) is 11.9 Å². The highest BCUT2D eigenvalue weighted by Crippen LogP contribution is 2.06. The third-order valence-corrected chi connectivity index (χ3v) is 3.52. The van der Waals surface area contributed by atoms with E-state index in [9.17, 15) is 4.79 Å². The lowest BCUT2D eigenvalue weighted by molar-refractivity contribution is -0.123. The Kier molecular flexibility index (Phi) is 8.11. The lowest BCUT2D eigenvalue weighted by atomic mass is 10.0. The molecule has 2 unspecified atom stereocenters. The Morgan fingerprint density at radius 3 is 2.75 bits per heavy atom. The number of carbonyl (C=O) groups is 1. The molecule has 118 valence electrons. The molecule has 5 nitrogen and oxygen atoms in total. The maximum absolute atomic E-state index is 11.9. The van der Waals surface area contributed by atoms with Crippen LogP contribution in [0.1, 0.15) is 33.6 Å². The third-order valence-electron chi connectivity index (χ3n) is 3.52. The molecule has 0 radical (unpaired) electrons. The second-order valence-electron chi connectivity index (χ2n) is 6.33. The molecule has 1 rings (SSSR count). The van der Waals surface area contributed by atoms with Crippen molar-refractivity contribution in [3.05, 3.63) is 0 Å². The SMILES string of the molecule is CC(C)CCC(C)NC(=O)CN(C)CC1CNCCO1. The molecule has 0 aromatic carbocycles.